The predicted octanol–water partition coefficient (Wildman–Crippen LogP) is 1.42. The minimum atomic E-state index is -0.148. The van der Waals surface area contributed by atoms with Crippen molar-refractivity contribution in [3.8, 4) is 0 Å². The number of likely N-dealkylation sites (N-methyl/N-ethyl adjacent to an activating group) is 1. The van der Waals surface area contributed by atoms with Crippen molar-refractivity contribution in [2.75, 3.05) is 13.6 Å². The highest BCUT2D eigenvalue weighted by molar-refractivity contribution is 14.1. The van der Waals surface area contributed by atoms with Gasteiger partial charge in [0, 0.05) is 10.6 Å². The van der Waals surface area contributed by atoms with Gasteiger partial charge in [-0.2, -0.15) is 0 Å². The Morgan fingerprint density at radius 1 is 1.59 bits per heavy atom. The molecule has 6 heteroatoms. The van der Waals surface area contributed by atoms with Gasteiger partial charge >= 0.3 is 0 Å². The first-order valence-electron chi connectivity index (χ1n) is 4.94. The number of oxime groups is 1. The van der Waals surface area contributed by atoms with Crippen LogP contribution in [0.1, 0.15) is 15.9 Å². The van der Waals surface area contributed by atoms with Crippen molar-refractivity contribution in [1.29, 1.82) is 0 Å². The summed E-state index contributed by atoms with van der Waals surface area (Å²) < 4.78 is 0.918. The molecule has 5 nitrogen and oxygen atoms in total. The molecular formula is C11H14IN3O2. The topological polar surface area (TPSA) is 78.9 Å². The summed E-state index contributed by atoms with van der Waals surface area (Å²) in [6.45, 7) is 2.04. The standard InChI is InChI=1S/C11H14IN3O2/c1-7-4-3-5-8(10(7)12)11(16)15(2)6-9(13)14-17/h3-5,17H,6H2,1-2H3,(H2,13,14). The zero-order chi connectivity index (χ0) is 13.0. The number of hydrogen-bond donors (Lipinski definition) is 2. The second-order valence-corrected chi connectivity index (χ2v) is 4.77. The number of hydrogen-bond acceptors (Lipinski definition) is 3. The van der Waals surface area contributed by atoms with Crippen LogP contribution in [0.15, 0.2) is 23.4 Å². The van der Waals surface area contributed by atoms with Crippen molar-refractivity contribution < 1.29 is 10.0 Å². The first-order chi connectivity index (χ1) is 7.97. The fourth-order valence-electron chi connectivity index (χ4n) is 1.36. The Morgan fingerprint density at radius 2 is 2.24 bits per heavy atom. The average molecular weight is 347 g/mol. The van der Waals surface area contributed by atoms with E-state index in [0.29, 0.717) is 5.56 Å². The van der Waals surface area contributed by atoms with E-state index in [1.165, 1.54) is 4.90 Å². The SMILES string of the molecule is Cc1cccc(C(=O)N(C)C/C(N)=N/O)c1I. The lowest BCUT2D eigenvalue weighted by Gasteiger charge is -2.17. The molecule has 1 aromatic rings. The number of halogens is 1. The molecule has 0 aliphatic heterocycles. The molecule has 1 rings (SSSR count). The molecule has 0 atom stereocenters. The third-order valence-corrected chi connectivity index (χ3v) is 3.73. The predicted molar refractivity (Wildman–Crippen MR) is 74.3 cm³/mol. The van der Waals surface area contributed by atoms with E-state index >= 15 is 0 Å². The Kier molecular flexibility index (Phi) is 4.73. The van der Waals surface area contributed by atoms with E-state index in [4.69, 9.17) is 10.9 Å². The molecule has 0 heterocycles. The molecule has 0 unspecified atom stereocenters. The molecule has 1 aromatic carbocycles. The maximum absolute atomic E-state index is 12.1. The molecule has 0 aliphatic carbocycles. The second-order valence-electron chi connectivity index (χ2n) is 3.69. The average Bonchev–Trinajstić information content (AvgIpc) is 2.31. The molecule has 92 valence electrons. The summed E-state index contributed by atoms with van der Waals surface area (Å²) in [5.74, 6) is -0.145. The lowest BCUT2D eigenvalue weighted by molar-refractivity contribution is 0.0812. The molecule has 0 aliphatic rings. The zero-order valence-electron chi connectivity index (χ0n) is 9.64. The number of carbonyl (C=O) groups excluding carboxylic acids is 1. The van der Waals surface area contributed by atoms with Crippen molar-refractivity contribution in [3.05, 3.63) is 32.9 Å². The number of amides is 1. The molecular weight excluding hydrogens is 333 g/mol. The number of nitrogens with zero attached hydrogens (tertiary/aromatic N) is 2. The first-order valence-corrected chi connectivity index (χ1v) is 6.02. The van der Waals surface area contributed by atoms with Crippen LogP contribution in [0.2, 0.25) is 0 Å². The third kappa shape index (κ3) is 3.32. The van der Waals surface area contributed by atoms with Crippen molar-refractivity contribution in [2.45, 2.75) is 6.92 Å². The van der Waals surface area contributed by atoms with Gasteiger partial charge in [-0.1, -0.05) is 17.3 Å². The van der Waals surface area contributed by atoms with E-state index in [0.717, 1.165) is 9.13 Å². The van der Waals surface area contributed by atoms with Crippen LogP contribution in [-0.2, 0) is 0 Å². The molecule has 0 saturated heterocycles. The smallest absolute Gasteiger partial charge is 0.255 e. The third-order valence-electron chi connectivity index (χ3n) is 2.30. The van der Waals surface area contributed by atoms with Crippen LogP contribution >= 0.6 is 22.6 Å². The van der Waals surface area contributed by atoms with Crippen molar-refractivity contribution >= 4 is 34.3 Å². The van der Waals surface area contributed by atoms with E-state index in [1.54, 1.807) is 13.1 Å². The Morgan fingerprint density at radius 3 is 2.82 bits per heavy atom. The normalized spacial score (nSPS) is 11.4. The van der Waals surface area contributed by atoms with Gasteiger partial charge in [0.05, 0.1) is 12.1 Å². The van der Waals surface area contributed by atoms with Gasteiger partial charge in [0.2, 0.25) is 0 Å². The van der Waals surface area contributed by atoms with Crippen molar-refractivity contribution in [3.63, 3.8) is 0 Å². The quantitative estimate of drug-likeness (QED) is 0.285. The van der Waals surface area contributed by atoms with Crippen LogP contribution < -0.4 is 5.73 Å². The Labute approximate surface area is 113 Å². The Bertz CT molecular complexity index is 460. The van der Waals surface area contributed by atoms with Crippen molar-refractivity contribution in [1.82, 2.24) is 4.90 Å². The number of amidine groups is 1. The first kappa shape index (κ1) is 13.8. The number of rotatable bonds is 3. The lowest BCUT2D eigenvalue weighted by atomic mass is 10.1. The summed E-state index contributed by atoms with van der Waals surface area (Å²) >= 11 is 2.14. The van der Waals surface area contributed by atoms with Gasteiger partial charge in [0.15, 0.2) is 5.84 Å². The molecule has 3 N–H and O–H groups in total. The van der Waals surface area contributed by atoms with Gasteiger partial charge in [-0.15, -0.1) is 0 Å². The maximum Gasteiger partial charge on any atom is 0.255 e. The van der Waals surface area contributed by atoms with E-state index in [1.807, 2.05) is 19.1 Å². The summed E-state index contributed by atoms with van der Waals surface area (Å²) in [4.78, 5) is 13.5. The molecule has 1 amide bonds. The highest BCUT2D eigenvalue weighted by Crippen LogP contribution is 2.17. The van der Waals surface area contributed by atoms with E-state index in [-0.39, 0.29) is 18.3 Å². The van der Waals surface area contributed by atoms with Crippen LogP contribution in [0.3, 0.4) is 0 Å². The molecule has 0 aromatic heterocycles. The van der Waals surface area contributed by atoms with Crippen LogP contribution in [0.4, 0.5) is 0 Å². The molecule has 0 fully saturated rings. The van der Waals surface area contributed by atoms with E-state index in [2.05, 4.69) is 27.7 Å². The highest BCUT2D eigenvalue weighted by Gasteiger charge is 2.16. The molecule has 0 spiro atoms. The summed E-state index contributed by atoms with van der Waals surface area (Å²) in [6.07, 6.45) is 0. The summed E-state index contributed by atoms with van der Waals surface area (Å²) in [6, 6.07) is 5.55. The summed E-state index contributed by atoms with van der Waals surface area (Å²) in [5, 5.41) is 11.3. The van der Waals surface area contributed by atoms with Gasteiger partial charge in [-0.3, -0.25) is 4.79 Å². The number of aryl methyl sites for hydroxylation is 1. The van der Waals surface area contributed by atoms with Crippen LogP contribution in [0, 0.1) is 10.5 Å². The number of benzene rings is 1. The van der Waals surface area contributed by atoms with Crippen LogP contribution in [0.5, 0.6) is 0 Å². The van der Waals surface area contributed by atoms with Gasteiger partial charge in [0.1, 0.15) is 0 Å². The monoisotopic (exact) mass is 347 g/mol. The van der Waals surface area contributed by atoms with Crippen LogP contribution in [0.25, 0.3) is 0 Å². The van der Waals surface area contributed by atoms with Gasteiger partial charge in [-0.05, 0) is 41.1 Å². The van der Waals surface area contributed by atoms with Gasteiger partial charge < -0.3 is 15.8 Å². The second kappa shape index (κ2) is 5.85. The van der Waals surface area contributed by atoms with Crippen LogP contribution in [-0.4, -0.2) is 35.4 Å². The number of carbonyl (C=O) groups is 1. The fourth-order valence-corrected chi connectivity index (χ4v) is 1.95. The van der Waals surface area contributed by atoms with E-state index < -0.39 is 0 Å². The van der Waals surface area contributed by atoms with Crippen molar-refractivity contribution in [2.24, 2.45) is 10.9 Å². The minimum absolute atomic E-state index is 0.00325. The minimum Gasteiger partial charge on any atom is -0.409 e. The molecule has 0 radical (unpaired) electrons. The van der Waals surface area contributed by atoms with Gasteiger partial charge in [-0.25, -0.2) is 0 Å². The van der Waals surface area contributed by atoms with E-state index in [9.17, 15) is 4.79 Å². The Hall–Kier alpha value is -1.31. The largest absolute Gasteiger partial charge is 0.409 e. The summed E-state index contributed by atoms with van der Waals surface area (Å²) in [7, 11) is 1.61. The van der Waals surface area contributed by atoms with Gasteiger partial charge in [0.25, 0.3) is 5.91 Å². The molecule has 0 bridgehead atoms. The molecule has 0 saturated carbocycles. The number of nitrogens with two attached hydrogens (primary N) is 1. The maximum atomic E-state index is 12.1. The zero-order valence-corrected chi connectivity index (χ0v) is 11.8. The lowest BCUT2D eigenvalue weighted by Crippen LogP contribution is -2.36. The fraction of sp³-hybridized carbons (Fsp3) is 0.273. The molecule has 17 heavy (non-hydrogen) atoms. The highest BCUT2D eigenvalue weighted by atomic mass is 127. The summed E-state index contributed by atoms with van der Waals surface area (Å²) in [5.41, 5.74) is 7.04. The Balaban J connectivity index is 2.93.